The van der Waals surface area contributed by atoms with Gasteiger partial charge >= 0.3 is 0 Å². The Bertz CT molecular complexity index is 1270. The zero-order valence-corrected chi connectivity index (χ0v) is 18.0. The number of nitrogens with zero attached hydrogens (tertiary/aromatic N) is 1. The topological polar surface area (TPSA) is 98.4 Å². The molecular formula is C25H21NO7. The van der Waals surface area contributed by atoms with Gasteiger partial charge in [-0.2, -0.15) is 0 Å². The Hall–Kier alpha value is -4.20. The Morgan fingerprint density at radius 1 is 1.06 bits per heavy atom. The summed E-state index contributed by atoms with van der Waals surface area (Å²) in [5.41, 5.74) is 0.748. The SMILES string of the molecule is CCOc1ccc(/C(O)=C2/C(=O)C(=O)N(c3ccc4c(c3)OCO4)C2c2ccc(C)o2)cc1. The maximum atomic E-state index is 13.2. The Morgan fingerprint density at radius 2 is 1.82 bits per heavy atom. The van der Waals surface area contributed by atoms with Crippen LogP contribution in [0.1, 0.15) is 30.0 Å². The van der Waals surface area contributed by atoms with Crippen molar-refractivity contribution in [3.63, 3.8) is 0 Å². The summed E-state index contributed by atoms with van der Waals surface area (Å²) in [7, 11) is 0. The third-order valence-electron chi connectivity index (χ3n) is 5.55. The molecule has 3 aromatic rings. The first-order valence-corrected chi connectivity index (χ1v) is 10.5. The number of Topliss-reactive ketones (excluding diaryl/α,β-unsaturated/α-hetero) is 1. The van der Waals surface area contributed by atoms with Gasteiger partial charge in [-0.3, -0.25) is 14.5 Å². The van der Waals surface area contributed by atoms with Crippen molar-refractivity contribution in [3.8, 4) is 17.2 Å². The van der Waals surface area contributed by atoms with E-state index in [4.69, 9.17) is 18.6 Å². The molecular weight excluding hydrogens is 426 g/mol. The molecule has 0 radical (unpaired) electrons. The molecule has 3 heterocycles. The first-order valence-electron chi connectivity index (χ1n) is 10.5. The number of ketones is 1. The Balaban J connectivity index is 1.64. The van der Waals surface area contributed by atoms with E-state index in [9.17, 15) is 14.7 Å². The number of aliphatic hydroxyl groups excluding tert-OH is 1. The van der Waals surface area contributed by atoms with Crippen LogP contribution < -0.4 is 19.1 Å². The molecule has 0 bridgehead atoms. The number of ether oxygens (including phenoxy) is 3. The van der Waals surface area contributed by atoms with Gasteiger partial charge in [-0.05, 0) is 62.4 Å². The van der Waals surface area contributed by atoms with Gasteiger partial charge in [0.2, 0.25) is 6.79 Å². The molecule has 1 unspecified atom stereocenters. The number of benzene rings is 2. The average molecular weight is 447 g/mol. The largest absolute Gasteiger partial charge is 0.507 e. The highest BCUT2D eigenvalue weighted by molar-refractivity contribution is 6.51. The number of aryl methyl sites for hydroxylation is 1. The van der Waals surface area contributed by atoms with Crippen LogP contribution in [-0.2, 0) is 9.59 Å². The molecule has 0 aliphatic carbocycles. The molecule has 168 valence electrons. The fourth-order valence-corrected chi connectivity index (χ4v) is 4.03. The van der Waals surface area contributed by atoms with E-state index in [2.05, 4.69) is 0 Å². The van der Waals surface area contributed by atoms with E-state index < -0.39 is 17.7 Å². The fourth-order valence-electron chi connectivity index (χ4n) is 4.03. The van der Waals surface area contributed by atoms with Crippen molar-refractivity contribution in [2.24, 2.45) is 0 Å². The van der Waals surface area contributed by atoms with E-state index >= 15 is 0 Å². The van der Waals surface area contributed by atoms with Gasteiger partial charge in [0, 0.05) is 17.3 Å². The Kier molecular flexibility index (Phi) is 5.05. The summed E-state index contributed by atoms with van der Waals surface area (Å²) in [5.74, 6) is 0.745. The van der Waals surface area contributed by atoms with Gasteiger partial charge < -0.3 is 23.7 Å². The van der Waals surface area contributed by atoms with E-state index in [1.54, 1.807) is 61.5 Å². The summed E-state index contributed by atoms with van der Waals surface area (Å²) in [6.07, 6.45) is 0. The van der Waals surface area contributed by atoms with Crippen LogP contribution in [0.4, 0.5) is 5.69 Å². The van der Waals surface area contributed by atoms with Crippen molar-refractivity contribution in [1.82, 2.24) is 0 Å². The second-order valence-electron chi connectivity index (χ2n) is 7.61. The standard InChI is InChI=1S/C25H21NO7/c1-3-30-17-8-5-15(6-9-17)23(27)21-22(19-10-4-14(2)33-19)26(25(29)24(21)28)16-7-11-18-20(12-16)32-13-31-18/h4-12,22,27H,3,13H2,1-2H3/b23-21-. The number of carbonyl (C=O) groups is 2. The number of furan rings is 1. The van der Waals surface area contributed by atoms with Gasteiger partial charge in [0.15, 0.2) is 11.5 Å². The number of amides is 1. The molecule has 1 saturated heterocycles. The quantitative estimate of drug-likeness (QED) is 0.353. The minimum absolute atomic E-state index is 0.0591. The summed E-state index contributed by atoms with van der Waals surface area (Å²) >= 11 is 0. The number of anilines is 1. The van der Waals surface area contributed by atoms with Crippen LogP contribution >= 0.6 is 0 Å². The number of aliphatic hydroxyl groups is 1. The smallest absolute Gasteiger partial charge is 0.300 e. The van der Waals surface area contributed by atoms with E-state index in [0.717, 1.165) is 0 Å². The predicted molar refractivity (Wildman–Crippen MR) is 118 cm³/mol. The molecule has 1 N–H and O–H groups in total. The second kappa shape index (κ2) is 8.05. The highest BCUT2D eigenvalue weighted by Gasteiger charge is 2.48. The van der Waals surface area contributed by atoms with Gasteiger partial charge in [0.05, 0.1) is 12.2 Å². The molecule has 5 rings (SSSR count). The van der Waals surface area contributed by atoms with Crippen LogP contribution in [0.15, 0.2) is 64.6 Å². The number of rotatable bonds is 5. The highest BCUT2D eigenvalue weighted by Crippen LogP contribution is 2.45. The molecule has 0 spiro atoms. The number of hydrogen-bond donors (Lipinski definition) is 1. The van der Waals surface area contributed by atoms with Crippen molar-refractivity contribution < 1.29 is 33.3 Å². The summed E-state index contributed by atoms with van der Waals surface area (Å²) in [6, 6.07) is 14.1. The lowest BCUT2D eigenvalue weighted by Crippen LogP contribution is -2.29. The average Bonchev–Trinajstić information content (AvgIpc) is 3.52. The number of hydrogen-bond acceptors (Lipinski definition) is 7. The van der Waals surface area contributed by atoms with Crippen LogP contribution in [0, 0.1) is 6.92 Å². The monoisotopic (exact) mass is 447 g/mol. The molecule has 0 saturated carbocycles. The van der Waals surface area contributed by atoms with Gasteiger partial charge in [0.25, 0.3) is 11.7 Å². The minimum atomic E-state index is -0.953. The van der Waals surface area contributed by atoms with Crippen molar-refractivity contribution in [3.05, 3.63) is 77.3 Å². The third kappa shape index (κ3) is 3.49. The van der Waals surface area contributed by atoms with E-state index in [0.29, 0.717) is 46.6 Å². The molecule has 1 amide bonds. The summed E-state index contributed by atoms with van der Waals surface area (Å²) in [5, 5.41) is 11.1. The first-order chi connectivity index (χ1) is 16.0. The summed E-state index contributed by atoms with van der Waals surface area (Å²) < 4.78 is 22.0. The fraction of sp³-hybridized carbons (Fsp3) is 0.200. The van der Waals surface area contributed by atoms with Gasteiger partial charge in [-0.15, -0.1) is 0 Å². The van der Waals surface area contributed by atoms with Crippen molar-refractivity contribution in [2.75, 3.05) is 18.3 Å². The summed E-state index contributed by atoms with van der Waals surface area (Å²) in [6.45, 7) is 4.22. The third-order valence-corrected chi connectivity index (χ3v) is 5.55. The second-order valence-corrected chi connectivity index (χ2v) is 7.61. The molecule has 1 aromatic heterocycles. The molecule has 8 heteroatoms. The lowest BCUT2D eigenvalue weighted by atomic mass is 9.99. The van der Waals surface area contributed by atoms with E-state index in [1.807, 2.05) is 6.92 Å². The molecule has 33 heavy (non-hydrogen) atoms. The predicted octanol–water partition coefficient (Wildman–Crippen LogP) is 4.34. The highest BCUT2D eigenvalue weighted by atomic mass is 16.7. The van der Waals surface area contributed by atoms with Crippen molar-refractivity contribution >= 4 is 23.1 Å². The Morgan fingerprint density at radius 3 is 2.52 bits per heavy atom. The van der Waals surface area contributed by atoms with Crippen LogP contribution in [0.2, 0.25) is 0 Å². The van der Waals surface area contributed by atoms with Gasteiger partial charge in [-0.1, -0.05) is 0 Å². The lowest BCUT2D eigenvalue weighted by molar-refractivity contribution is -0.132. The lowest BCUT2D eigenvalue weighted by Gasteiger charge is -2.23. The maximum absolute atomic E-state index is 13.2. The minimum Gasteiger partial charge on any atom is -0.507 e. The molecule has 1 fully saturated rings. The van der Waals surface area contributed by atoms with Crippen LogP contribution in [0.5, 0.6) is 17.2 Å². The molecule has 2 aliphatic heterocycles. The van der Waals surface area contributed by atoms with Gasteiger partial charge in [0.1, 0.15) is 29.1 Å². The molecule has 2 aromatic carbocycles. The number of carbonyl (C=O) groups excluding carboxylic acids is 2. The van der Waals surface area contributed by atoms with Crippen molar-refractivity contribution in [2.45, 2.75) is 19.9 Å². The van der Waals surface area contributed by atoms with E-state index in [1.165, 1.54) is 4.90 Å². The zero-order chi connectivity index (χ0) is 23.1. The van der Waals surface area contributed by atoms with Crippen LogP contribution in [0.25, 0.3) is 5.76 Å². The first kappa shape index (κ1) is 20.7. The zero-order valence-electron chi connectivity index (χ0n) is 18.0. The molecule has 2 aliphatic rings. The molecule has 8 nitrogen and oxygen atoms in total. The van der Waals surface area contributed by atoms with Gasteiger partial charge in [-0.25, -0.2) is 0 Å². The Labute approximate surface area is 189 Å². The maximum Gasteiger partial charge on any atom is 0.300 e. The van der Waals surface area contributed by atoms with Crippen molar-refractivity contribution in [1.29, 1.82) is 0 Å². The summed E-state index contributed by atoms with van der Waals surface area (Å²) in [4.78, 5) is 27.7. The van der Waals surface area contributed by atoms with Crippen LogP contribution in [0.3, 0.4) is 0 Å². The van der Waals surface area contributed by atoms with Crippen LogP contribution in [-0.4, -0.2) is 30.2 Å². The molecule has 1 atom stereocenters. The number of fused-ring (bicyclic) bond motifs is 1. The normalized spacial score (nSPS) is 18.7. The van der Waals surface area contributed by atoms with E-state index in [-0.39, 0.29) is 18.1 Å².